The molecular formula is C35H66N2O6P+. The van der Waals surface area contributed by atoms with Crippen molar-refractivity contribution in [3.05, 3.63) is 48.6 Å². The minimum atomic E-state index is -4.34. The largest absolute Gasteiger partial charge is 0.472 e. The predicted octanol–water partition coefficient (Wildman–Crippen LogP) is 8.18. The number of nitrogens with zero attached hydrogens (tertiary/aromatic N) is 1. The average Bonchev–Trinajstić information content (AvgIpc) is 2.95. The summed E-state index contributed by atoms with van der Waals surface area (Å²) in [6.45, 7) is 4.64. The van der Waals surface area contributed by atoms with E-state index in [1.165, 1.54) is 44.9 Å². The third kappa shape index (κ3) is 29.2. The van der Waals surface area contributed by atoms with E-state index in [9.17, 15) is 19.4 Å². The lowest BCUT2D eigenvalue weighted by molar-refractivity contribution is -0.870. The van der Waals surface area contributed by atoms with E-state index in [0.29, 0.717) is 23.9 Å². The number of unbranched alkanes of at least 4 members (excludes halogenated alkanes) is 10. The molecule has 8 nitrogen and oxygen atoms in total. The number of carbonyl (C=O) groups is 1. The number of aliphatic hydroxyl groups excluding tert-OH is 1. The van der Waals surface area contributed by atoms with Gasteiger partial charge in [0.25, 0.3) is 0 Å². The topological polar surface area (TPSA) is 105 Å². The summed E-state index contributed by atoms with van der Waals surface area (Å²) >= 11 is 0. The van der Waals surface area contributed by atoms with Crippen LogP contribution in [0.3, 0.4) is 0 Å². The van der Waals surface area contributed by atoms with Gasteiger partial charge >= 0.3 is 7.82 Å². The summed E-state index contributed by atoms with van der Waals surface area (Å²) in [5, 5.41) is 13.6. The van der Waals surface area contributed by atoms with Crippen LogP contribution < -0.4 is 5.32 Å². The van der Waals surface area contributed by atoms with Crippen LogP contribution in [0.1, 0.15) is 117 Å². The summed E-state index contributed by atoms with van der Waals surface area (Å²) in [7, 11) is 1.52. The summed E-state index contributed by atoms with van der Waals surface area (Å²) in [6, 6.07) is -0.880. The van der Waals surface area contributed by atoms with Crippen molar-refractivity contribution in [2.45, 2.75) is 129 Å². The molecule has 0 aliphatic heterocycles. The van der Waals surface area contributed by atoms with Crippen molar-refractivity contribution >= 4 is 13.7 Å². The fourth-order valence-electron chi connectivity index (χ4n) is 4.19. The van der Waals surface area contributed by atoms with E-state index in [2.05, 4.69) is 55.6 Å². The molecule has 0 spiro atoms. The van der Waals surface area contributed by atoms with Crippen LogP contribution in [-0.4, -0.2) is 73.4 Å². The number of amides is 1. The van der Waals surface area contributed by atoms with Gasteiger partial charge < -0.3 is 19.8 Å². The molecule has 3 unspecified atom stereocenters. The first-order chi connectivity index (χ1) is 21.0. The van der Waals surface area contributed by atoms with Crippen molar-refractivity contribution in [1.29, 1.82) is 0 Å². The van der Waals surface area contributed by atoms with Gasteiger partial charge in [-0.2, -0.15) is 0 Å². The lowest BCUT2D eigenvalue weighted by Gasteiger charge is -2.25. The summed E-state index contributed by atoms with van der Waals surface area (Å²) in [4.78, 5) is 22.8. The Morgan fingerprint density at radius 3 is 1.82 bits per heavy atom. The Morgan fingerprint density at radius 1 is 0.750 bits per heavy atom. The zero-order valence-electron chi connectivity index (χ0n) is 28.6. The maximum Gasteiger partial charge on any atom is 0.472 e. The Kier molecular flexibility index (Phi) is 26.8. The van der Waals surface area contributed by atoms with Gasteiger partial charge in [0, 0.05) is 6.42 Å². The van der Waals surface area contributed by atoms with E-state index in [4.69, 9.17) is 9.05 Å². The number of carbonyl (C=O) groups excluding carboxylic acids is 1. The number of phosphoric ester groups is 1. The second-order valence-corrected chi connectivity index (χ2v) is 14.0. The fourth-order valence-corrected chi connectivity index (χ4v) is 4.93. The molecule has 3 atom stereocenters. The molecule has 1 amide bonds. The van der Waals surface area contributed by atoms with Crippen LogP contribution in [0.15, 0.2) is 48.6 Å². The highest BCUT2D eigenvalue weighted by molar-refractivity contribution is 7.47. The Morgan fingerprint density at radius 2 is 1.25 bits per heavy atom. The summed E-state index contributed by atoms with van der Waals surface area (Å²) < 4.78 is 23.3. The van der Waals surface area contributed by atoms with E-state index in [1.54, 1.807) is 6.08 Å². The molecule has 3 N–H and O–H groups in total. The van der Waals surface area contributed by atoms with Gasteiger partial charge in [0.2, 0.25) is 5.91 Å². The summed E-state index contributed by atoms with van der Waals surface area (Å²) in [6.07, 6.45) is 31.9. The van der Waals surface area contributed by atoms with E-state index in [0.717, 1.165) is 44.9 Å². The third-order valence-corrected chi connectivity index (χ3v) is 7.98. The Balaban J connectivity index is 4.77. The Bertz CT molecular complexity index is 866. The van der Waals surface area contributed by atoms with Gasteiger partial charge in [0.05, 0.1) is 39.9 Å². The highest BCUT2D eigenvalue weighted by Gasteiger charge is 2.27. The zero-order valence-corrected chi connectivity index (χ0v) is 29.5. The van der Waals surface area contributed by atoms with Crippen molar-refractivity contribution in [3.8, 4) is 0 Å². The number of rotatable bonds is 29. The Hall–Kier alpha value is -1.54. The number of quaternary nitrogens is 1. The van der Waals surface area contributed by atoms with Gasteiger partial charge in [-0.05, 0) is 64.2 Å². The first-order valence-corrected chi connectivity index (χ1v) is 18.5. The van der Waals surface area contributed by atoms with E-state index in [-0.39, 0.29) is 19.1 Å². The molecular weight excluding hydrogens is 575 g/mol. The summed E-state index contributed by atoms with van der Waals surface area (Å²) in [5.41, 5.74) is 0. The van der Waals surface area contributed by atoms with Gasteiger partial charge in [-0.15, -0.1) is 0 Å². The van der Waals surface area contributed by atoms with Crippen LogP contribution in [-0.2, 0) is 18.4 Å². The van der Waals surface area contributed by atoms with Crippen molar-refractivity contribution in [2.75, 3.05) is 40.9 Å². The van der Waals surface area contributed by atoms with E-state index >= 15 is 0 Å². The maximum atomic E-state index is 12.7. The van der Waals surface area contributed by atoms with Crippen molar-refractivity contribution in [2.24, 2.45) is 0 Å². The number of aliphatic hydroxyl groups is 1. The number of allylic oxidation sites excluding steroid dienone is 7. The van der Waals surface area contributed by atoms with Crippen LogP contribution in [0.5, 0.6) is 0 Å². The van der Waals surface area contributed by atoms with Crippen LogP contribution in [0, 0.1) is 0 Å². The van der Waals surface area contributed by atoms with Crippen molar-refractivity contribution in [3.63, 3.8) is 0 Å². The lowest BCUT2D eigenvalue weighted by Crippen LogP contribution is -2.45. The van der Waals surface area contributed by atoms with Gasteiger partial charge in [0.15, 0.2) is 0 Å². The molecule has 0 aliphatic rings. The minimum absolute atomic E-state index is 0.0473. The molecule has 0 saturated carbocycles. The molecule has 9 heteroatoms. The standard InChI is InChI=1S/C35H65N2O6P/c1-6-8-10-12-14-16-17-18-19-21-22-24-26-28-34(38)33(32-43-44(40,41)42-31-30-37(3,4)5)36-35(39)29-27-25-23-20-15-13-11-9-7-2/h14,16,19-21,23,26,28,33-34,38H,6-13,15,17-18,22,24-25,27,29-32H2,1-5H3,(H-,36,39,40,41)/p+1/b16-14+,21-19+,23-20-,28-26+. The first kappa shape index (κ1) is 42.5. The van der Waals surface area contributed by atoms with Crippen LogP contribution in [0.2, 0.25) is 0 Å². The first-order valence-electron chi connectivity index (χ1n) is 17.0. The van der Waals surface area contributed by atoms with Crippen molar-refractivity contribution < 1.29 is 32.9 Å². The van der Waals surface area contributed by atoms with E-state index in [1.807, 2.05) is 27.2 Å². The molecule has 44 heavy (non-hydrogen) atoms. The van der Waals surface area contributed by atoms with Crippen molar-refractivity contribution in [1.82, 2.24) is 5.32 Å². The third-order valence-electron chi connectivity index (χ3n) is 7.00. The molecule has 0 aromatic carbocycles. The molecule has 0 aliphatic carbocycles. The zero-order chi connectivity index (χ0) is 32.9. The van der Waals surface area contributed by atoms with Gasteiger partial charge in [-0.3, -0.25) is 13.8 Å². The quantitative estimate of drug-likeness (QED) is 0.0329. The molecule has 0 aromatic rings. The van der Waals surface area contributed by atoms with Gasteiger partial charge in [-0.1, -0.05) is 94.6 Å². The molecule has 256 valence electrons. The Labute approximate surface area is 269 Å². The SMILES string of the molecule is CCCCC/C=C/CC/C=C/CC/C=C/C(O)C(COP(=O)(O)OCC[N+](C)(C)C)NC(=O)CCC/C=C\CCCCCC. The average molecular weight is 642 g/mol. The second-order valence-electron chi connectivity index (χ2n) is 12.5. The summed E-state index contributed by atoms with van der Waals surface area (Å²) in [5.74, 6) is -0.233. The van der Waals surface area contributed by atoms with Gasteiger partial charge in [0.1, 0.15) is 13.2 Å². The minimum Gasteiger partial charge on any atom is -0.387 e. The second kappa shape index (κ2) is 27.7. The number of likely N-dealkylation sites (N-methyl/N-ethyl adjacent to an activating group) is 1. The monoisotopic (exact) mass is 641 g/mol. The van der Waals surface area contributed by atoms with E-state index < -0.39 is 20.0 Å². The maximum absolute atomic E-state index is 12.7. The highest BCUT2D eigenvalue weighted by atomic mass is 31.2. The molecule has 0 rings (SSSR count). The number of nitrogens with one attached hydrogen (secondary N) is 1. The number of hydrogen-bond donors (Lipinski definition) is 3. The highest BCUT2D eigenvalue weighted by Crippen LogP contribution is 2.43. The fraction of sp³-hybridized carbons (Fsp3) is 0.743. The van der Waals surface area contributed by atoms with Gasteiger partial charge in [-0.25, -0.2) is 4.57 Å². The van der Waals surface area contributed by atoms with Crippen LogP contribution >= 0.6 is 7.82 Å². The smallest absolute Gasteiger partial charge is 0.387 e. The molecule has 0 saturated heterocycles. The predicted molar refractivity (Wildman–Crippen MR) is 184 cm³/mol. The molecule has 0 radical (unpaired) electrons. The molecule has 0 heterocycles. The molecule has 0 aromatic heterocycles. The van der Waals surface area contributed by atoms with Crippen LogP contribution in [0.25, 0.3) is 0 Å². The molecule has 0 bridgehead atoms. The number of phosphoric acid groups is 1. The lowest BCUT2D eigenvalue weighted by atomic mass is 10.1. The van der Waals surface area contributed by atoms with Crippen LogP contribution in [0.4, 0.5) is 0 Å². The number of hydrogen-bond acceptors (Lipinski definition) is 5. The normalized spacial score (nSPS) is 15.5. The molecule has 0 fully saturated rings.